The smallest absolute Gasteiger partial charge is 0.337 e. The van der Waals surface area contributed by atoms with Gasteiger partial charge >= 0.3 is 5.97 Å². The van der Waals surface area contributed by atoms with Gasteiger partial charge in [-0.15, -0.1) is 0 Å². The normalized spacial score (nSPS) is 55.0. The summed E-state index contributed by atoms with van der Waals surface area (Å²) in [5.41, 5.74) is -1.39. The molecule has 2 saturated carbocycles. The summed E-state index contributed by atoms with van der Waals surface area (Å²) >= 11 is 0. The fraction of sp³-hybridized carbons (Fsp3) is 0.850. The largest absolute Gasteiger partial charge is 0.458 e. The summed E-state index contributed by atoms with van der Waals surface area (Å²) in [6.07, 6.45) is 0.327. The monoisotopic (exact) mass is 364 g/mol. The quantitative estimate of drug-likeness (QED) is 0.473. The third-order valence-corrected chi connectivity index (χ3v) is 8.33. The highest BCUT2D eigenvalue weighted by molar-refractivity contribution is 5.93. The Balaban J connectivity index is 1.61. The van der Waals surface area contributed by atoms with Crippen LogP contribution in [0.1, 0.15) is 46.5 Å². The van der Waals surface area contributed by atoms with Crippen molar-refractivity contribution in [3.8, 4) is 0 Å². The lowest BCUT2D eigenvalue weighted by atomic mass is 9.45. The number of carbonyl (C=O) groups is 1. The number of hydrogen-bond donors (Lipinski definition) is 3. The Hall–Kier alpha value is -0.950. The SMILES string of the molecule is CC(C)C1C[C@@H]2O[C@@]23[C@@]2(C)C[C@H](O)C4=C(COC4=O)C2CC[C@@]3(O)[C@@H]1O. The van der Waals surface area contributed by atoms with Gasteiger partial charge in [0, 0.05) is 5.41 Å². The molecule has 0 aromatic rings. The van der Waals surface area contributed by atoms with E-state index in [9.17, 15) is 20.1 Å². The minimum Gasteiger partial charge on any atom is -0.458 e. The first-order valence-corrected chi connectivity index (χ1v) is 9.84. The maximum absolute atomic E-state index is 12.0. The molecule has 0 aromatic carbocycles. The summed E-state index contributed by atoms with van der Waals surface area (Å²) < 4.78 is 11.5. The van der Waals surface area contributed by atoms with Crippen LogP contribution in [-0.4, -0.2) is 57.4 Å². The molecule has 3 N–H and O–H groups in total. The molecule has 0 aromatic heterocycles. The predicted molar refractivity (Wildman–Crippen MR) is 90.9 cm³/mol. The van der Waals surface area contributed by atoms with Crippen molar-refractivity contribution >= 4 is 5.97 Å². The molecule has 1 saturated heterocycles. The third kappa shape index (κ3) is 1.66. The molecule has 5 aliphatic rings. The van der Waals surface area contributed by atoms with Gasteiger partial charge < -0.3 is 24.8 Å². The van der Waals surface area contributed by atoms with E-state index < -0.39 is 34.8 Å². The fourth-order valence-corrected chi connectivity index (χ4v) is 7.07. The molecule has 6 nitrogen and oxygen atoms in total. The zero-order chi connectivity index (χ0) is 18.6. The van der Waals surface area contributed by atoms with E-state index in [1.165, 1.54) is 0 Å². The van der Waals surface area contributed by atoms with Gasteiger partial charge in [0.1, 0.15) is 17.8 Å². The fourth-order valence-electron chi connectivity index (χ4n) is 7.07. The zero-order valence-electron chi connectivity index (χ0n) is 15.6. The number of esters is 1. The lowest BCUT2D eigenvalue weighted by Gasteiger charge is -2.60. The molecule has 2 aliphatic heterocycles. The molecule has 0 radical (unpaired) electrons. The second kappa shape index (κ2) is 4.90. The highest BCUT2D eigenvalue weighted by Crippen LogP contribution is 2.73. The van der Waals surface area contributed by atoms with E-state index in [4.69, 9.17) is 9.47 Å². The molecule has 8 atom stereocenters. The van der Waals surface area contributed by atoms with Crippen molar-refractivity contribution in [1.29, 1.82) is 0 Å². The minimum absolute atomic E-state index is 0.000423. The molecule has 0 bridgehead atoms. The number of rotatable bonds is 1. The Morgan fingerprint density at radius 3 is 2.69 bits per heavy atom. The summed E-state index contributed by atoms with van der Waals surface area (Å²) in [5.74, 6) is -0.126. The highest BCUT2D eigenvalue weighted by atomic mass is 16.6. The Kier molecular flexibility index (Phi) is 3.24. The van der Waals surface area contributed by atoms with E-state index in [0.717, 1.165) is 12.0 Å². The van der Waals surface area contributed by atoms with Crippen molar-refractivity contribution in [2.75, 3.05) is 6.61 Å². The van der Waals surface area contributed by atoms with Crippen LogP contribution in [0, 0.1) is 23.2 Å². The predicted octanol–water partition coefficient (Wildman–Crippen LogP) is 0.926. The van der Waals surface area contributed by atoms with Crippen molar-refractivity contribution < 1.29 is 29.6 Å². The summed E-state index contributed by atoms with van der Waals surface area (Å²) in [6, 6.07) is 0. The van der Waals surface area contributed by atoms with Crippen LogP contribution < -0.4 is 0 Å². The molecule has 2 unspecified atom stereocenters. The van der Waals surface area contributed by atoms with Crippen molar-refractivity contribution in [2.45, 2.75) is 76.0 Å². The number of ether oxygens (including phenoxy) is 2. The first-order valence-electron chi connectivity index (χ1n) is 9.84. The van der Waals surface area contributed by atoms with Crippen LogP contribution in [0.2, 0.25) is 0 Å². The van der Waals surface area contributed by atoms with E-state index in [0.29, 0.717) is 24.8 Å². The molecule has 5 rings (SSSR count). The lowest BCUT2D eigenvalue weighted by molar-refractivity contribution is -0.223. The minimum atomic E-state index is -1.31. The van der Waals surface area contributed by atoms with Crippen molar-refractivity contribution in [1.82, 2.24) is 0 Å². The number of fused-ring (bicyclic) bond motifs is 2. The van der Waals surface area contributed by atoms with E-state index in [2.05, 4.69) is 20.8 Å². The van der Waals surface area contributed by atoms with Crippen molar-refractivity contribution in [2.24, 2.45) is 23.2 Å². The van der Waals surface area contributed by atoms with E-state index in [1.54, 1.807) is 0 Å². The summed E-state index contributed by atoms with van der Waals surface area (Å²) in [6.45, 7) is 6.42. The van der Waals surface area contributed by atoms with Crippen LogP contribution >= 0.6 is 0 Å². The van der Waals surface area contributed by atoms with Crippen LogP contribution in [0.4, 0.5) is 0 Å². The molecule has 2 heterocycles. The number of aliphatic hydroxyl groups is 3. The third-order valence-electron chi connectivity index (χ3n) is 8.33. The molecular formula is C20H28O6. The zero-order valence-corrected chi connectivity index (χ0v) is 15.6. The summed E-state index contributed by atoms with van der Waals surface area (Å²) in [5, 5.41) is 33.5. The second-order valence-corrected chi connectivity index (χ2v) is 9.60. The average Bonchev–Trinajstić information content (AvgIpc) is 3.20. The Morgan fingerprint density at radius 2 is 2.00 bits per heavy atom. The maximum atomic E-state index is 12.0. The van der Waals surface area contributed by atoms with Gasteiger partial charge in [0.2, 0.25) is 0 Å². The van der Waals surface area contributed by atoms with Gasteiger partial charge in [-0.3, -0.25) is 0 Å². The van der Waals surface area contributed by atoms with E-state index in [1.807, 2.05) is 0 Å². The molecule has 144 valence electrons. The van der Waals surface area contributed by atoms with Gasteiger partial charge in [0.15, 0.2) is 0 Å². The van der Waals surface area contributed by atoms with Crippen LogP contribution in [-0.2, 0) is 14.3 Å². The standard InChI is InChI=1S/C20H28O6/c1-9(2)10-6-14-20(26-14)18(3)7-13(21)15-11(8-25-17(15)23)12(18)4-5-19(20,24)16(10)22/h9-10,12-14,16,21-22,24H,4-8H2,1-3H3/t10?,12?,13-,14-,16+,18-,19+,20+/m0/s1. The number of carbonyl (C=O) groups excluding carboxylic acids is 1. The molecule has 1 spiro atoms. The number of aliphatic hydroxyl groups excluding tert-OH is 2. The Bertz CT molecular complexity index is 715. The van der Waals surface area contributed by atoms with Gasteiger partial charge in [-0.05, 0) is 49.0 Å². The second-order valence-electron chi connectivity index (χ2n) is 9.60. The number of hydrogen-bond acceptors (Lipinski definition) is 6. The highest BCUT2D eigenvalue weighted by Gasteiger charge is 2.84. The van der Waals surface area contributed by atoms with Gasteiger partial charge in [-0.1, -0.05) is 20.8 Å². The number of cyclic esters (lactones) is 1. The first-order chi connectivity index (χ1) is 12.2. The molecule has 3 aliphatic carbocycles. The molecule has 3 fully saturated rings. The van der Waals surface area contributed by atoms with Crippen LogP contribution in [0.3, 0.4) is 0 Å². The van der Waals surface area contributed by atoms with Crippen LogP contribution in [0.25, 0.3) is 0 Å². The van der Waals surface area contributed by atoms with Crippen LogP contribution in [0.5, 0.6) is 0 Å². The average molecular weight is 364 g/mol. The Labute approximate surface area is 153 Å². The lowest BCUT2D eigenvalue weighted by Crippen LogP contribution is -2.72. The van der Waals surface area contributed by atoms with E-state index >= 15 is 0 Å². The van der Waals surface area contributed by atoms with Crippen LogP contribution in [0.15, 0.2) is 11.1 Å². The van der Waals surface area contributed by atoms with Gasteiger partial charge in [0.05, 0.1) is 23.9 Å². The van der Waals surface area contributed by atoms with Gasteiger partial charge in [-0.25, -0.2) is 4.79 Å². The molecule has 0 amide bonds. The topological polar surface area (TPSA) is 99.5 Å². The van der Waals surface area contributed by atoms with Crippen molar-refractivity contribution in [3.05, 3.63) is 11.1 Å². The summed E-state index contributed by atoms with van der Waals surface area (Å²) in [4.78, 5) is 12.0. The number of epoxide rings is 1. The van der Waals surface area contributed by atoms with Gasteiger partial charge in [-0.2, -0.15) is 0 Å². The first kappa shape index (κ1) is 17.2. The molecule has 6 heteroatoms. The van der Waals surface area contributed by atoms with E-state index in [-0.39, 0.29) is 30.5 Å². The molecular weight excluding hydrogens is 336 g/mol. The van der Waals surface area contributed by atoms with Gasteiger partial charge in [0.25, 0.3) is 0 Å². The maximum Gasteiger partial charge on any atom is 0.337 e. The summed E-state index contributed by atoms with van der Waals surface area (Å²) in [7, 11) is 0. The van der Waals surface area contributed by atoms with Crippen molar-refractivity contribution in [3.63, 3.8) is 0 Å². The molecule has 26 heavy (non-hydrogen) atoms. The Morgan fingerprint density at radius 1 is 1.27 bits per heavy atom.